The Hall–Kier alpha value is -0.650. The van der Waals surface area contributed by atoms with Gasteiger partial charge < -0.3 is 20.5 Å². The Morgan fingerprint density at radius 1 is 1.44 bits per heavy atom. The highest BCUT2D eigenvalue weighted by molar-refractivity contribution is 5.80. The van der Waals surface area contributed by atoms with Crippen LogP contribution in [-0.2, 0) is 9.53 Å². The molecule has 2 atom stereocenters. The summed E-state index contributed by atoms with van der Waals surface area (Å²) in [5.41, 5.74) is 5.20. The number of aliphatic hydroxyl groups is 1. The van der Waals surface area contributed by atoms with Crippen molar-refractivity contribution in [3.63, 3.8) is 0 Å². The minimum Gasteiger partial charge on any atom is -0.390 e. The number of carbonyl (C=O) groups excluding carboxylic acids is 1. The monoisotopic (exact) mass is 228 g/mol. The van der Waals surface area contributed by atoms with Crippen LogP contribution in [0.2, 0.25) is 0 Å². The van der Waals surface area contributed by atoms with E-state index in [-0.39, 0.29) is 17.9 Å². The predicted octanol–water partition coefficient (Wildman–Crippen LogP) is -0.666. The van der Waals surface area contributed by atoms with Crippen molar-refractivity contribution in [1.82, 2.24) is 4.90 Å². The van der Waals surface area contributed by atoms with Crippen LogP contribution in [0.25, 0.3) is 0 Å². The van der Waals surface area contributed by atoms with Crippen LogP contribution in [0.4, 0.5) is 0 Å². The highest BCUT2D eigenvalue weighted by Crippen LogP contribution is 2.24. The molecule has 0 saturated carbocycles. The third kappa shape index (κ3) is 2.36. The SMILES string of the molecule is CC1(O)CCN(C(=O)C2COCC2N)CC1. The lowest BCUT2D eigenvalue weighted by Gasteiger charge is -2.37. The summed E-state index contributed by atoms with van der Waals surface area (Å²) in [4.78, 5) is 13.9. The number of hydrogen-bond acceptors (Lipinski definition) is 4. The molecule has 0 radical (unpaired) electrons. The number of amides is 1. The van der Waals surface area contributed by atoms with E-state index >= 15 is 0 Å². The summed E-state index contributed by atoms with van der Waals surface area (Å²) in [6.07, 6.45) is 1.28. The molecule has 0 aliphatic carbocycles. The molecule has 2 fully saturated rings. The van der Waals surface area contributed by atoms with E-state index < -0.39 is 5.60 Å². The Morgan fingerprint density at radius 3 is 2.56 bits per heavy atom. The molecule has 2 aliphatic rings. The fourth-order valence-corrected chi connectivity index (χ4v) is 2.27. The Kier molecular flexibility index (Phi) is 3.19. The molecule has 0 aromatic rings. The second kappa shape index (κ2) is 4.31. The summed E-state index contributed by atoms with van der Waals surface area (Å²) >= 11 is 0. The lowest BCUT2D eigenvalue weighted by molar-refractivity contribution is -0.139. The average molecular weight is 228 g/mol. The zero-order chi connectivity index (χ0) is 11.8. The highest BCUT2D eigenvalue weighted by atomic mass is 16.5. The maximum atomic E-state index is 12.1. The van der Waals surface area contributed by atoms with E-state index in [9.17, 15) is 9.90 Å². The first-order chi connectivity index (χ1) is 7.49. The van der Waals surface area contributed by atoms with Gasteiger partial charge >= 0.3 is 0 Å². The summed E-state index contributed by atoms with van der Waals surface area (Å²) in [5.74, 6) is -0.108. The summed E-state index contributed by atoms with van der Waals surface area (Å²) in [7, 11) is 0. The molecule has 2 heterocycles. The highest BCUT2D eigenvalue weighted by Gasteiger charge is 2.37. The van der Waals surface area contributed by atoms with Crippen LogP contribution in [0.5, 0.6) is 0 Å². The number of nitrogens with two attached hydrogens (primary N) is 1. The lowest BCUT2D eigenvalue weighted by atomic mass is 9.92. The minimum atomic E-state index is -0.620. The predicted molar refractivity (Wildman–Crippen MR) is 58.7 cm³/mol. The van der Waals surface area contributed by atoms with Crippen LogP contribution < -0.4 is 5.73 Å². The van der Waals surface area contributed by atoms with Crippen LogP contribution in [0.1, 0.15) is 19.8 Å². The first kappa shape index (κ1) is 11.8. The van der Waals surface area contributed by atoms with Gasteiger partial charge in [-0.05, 0) is 19.8 Å². The first-order valence-electron chi connectivity index (χ1n) is 5.84. The molecule has 2 unspecified atom stereocenters. The van der Waals surface area contributed by atoms with Gasteiger partial charge in [0.25, 0.3) is 0 Å². The topological polar surface area (TPSA) is 75.8 Å². The van der Waals surface area contributed by atoms with E-state index in [2.05, 4.69) is 0 Å². The van der Waals surface area contributed by atoms with Crippen molar-refractivity contribution in [2.24, 2.45) is 11.7 Å². The Balaban J connectivity index is 1.91. The molecule has 0 aromatic heterocycles. The van der Waals surface area contributed by atoms with E-state index in [1.807, 2.05) is 6.92 Å². The summed E-state index contributed by atoms with van der Waals surface area (Å²) < 4.78 is 5.20. The minimum absolute atomic E-state index is 0.0838. The molecule has 3 N–H and O–H groups in total. The zero-order valence-corrected chi connectivity index (χ0v) is 9.69. The second-order valence-corrected chi connectivity index (χ2v) is 5.13. The van der Waals surface area contributed by atoms with E-state index in [4.69, 9.17) is 10.5 Å². The summed E-state index contributed by atoms with van der Waals surface area (Å²) in [5, 5.41) is 9.80. The number of piperidine rings is 1. The van der Waals surface area contributed by atoms with Gasteiger partial charge in [-0.2, -0.15) is 0 Å². The van der Waals surface area contributed by atoms with E-state index in [0.29, 0.717) is 39.1 Å². The molecule has 16 heavy (non-hydrogen) atoms. The van der Waals surface area contributed by atoms with E-state index in [0.717, 1.165) is 0 Å². The van der Waals surface area contributed by atoms with Crippen LogP contribution in [0.15, 0.2) is 0 Å². The number of nitrogens with zero attached hydrogens (tertiary/aromatic N) is 1. The van der Waals surface area contributed by atoms with Gasteiger partial charge in [0.05, 0.1) is 24.7 Å². The molecule has 2 rings (SSSR count). The van der Waals surface area contributed by atoms with Crippen molar-refractivity contribution in [2.75, 3.05) is 26.3 Å². The third-order valence-electron chi connectivity index (χ3n) is 3.59. The molecular formula is C11H20N2O3. The molecule has 5 nitrogen and oxygen atoms in total. The largest absolute Gasteiger partial charge is 0.390 e. The molecule has 92 valence electrons. The Labute approximate surface area is 95.5 Å². The van der Waals surface area contributed by atoms with Crippen molar-refractivity contribution >= 4 is 5.91 Å². The van der Waals surface area contributed by atoms with Crippen LogP contribution >= 0.6 is 0 Å². The molecular weight excluding hydrogens is 208 g/mol. The van der Waals surface area contributed by atoms with Gasteiger partial charge in [0.15, 0.2) is 0 Å². The second-order valence-electron chi connectivity index (χ2n) is 5.13. The Bertz CT molecular complexity index is 270. The molecule has 0 bridgehead atoms. The third-order valence-corrected chi connectivity index (χ3v) is 3.59. The van der Waals surface area contributed by atoms with Gasteiger partial charge in [-0.15, -0.1) is 0 Å². The maximum Gasteiger partial charge on any atom is 0.229 e. The zero-order valence-electron chi connectivity index (χ0n) is 9.69. The Morgan fingerprint density at radius 2 is 2.06 bits per heavy atom. The fourth-order valence-electron chi connectivity index (χ4n) is 2.27. The van der Waals surface area contributed by atoms with Crippen molar-refractivity contribution in [3.05, 3.63) is 0 Å². The number of hydrogen-bond donors (Lipinski definition) is 2. The first-order valence-corrected chi connectivity index (χ1v) is 5.84. The van der Waals surface area contributed by atoms with Gasteiger partial charge in [-0.25, -0.2) is 0 Å². The van der Waals surface area contributed by atoms with Crippen LogP contribution in [0.3, 0.4) is 0 Å². The van der Waals surface area contributed by atoms with Crippen molar-refractivity contribution in [2.45, 2.75) is 31.4 Å². The van der Waals surface area contributed by atoms with Crippen LogP contribution in [-0.4, -0.2) is 53.9 Å². The molecule has 1 amide bonds. The van der Waals surface area contributed by atoms with Gasteiger partial charge in [0.2, 0.25) is 5.91 Å². The van der Waals surface area contributed by atoms with Crippen LogP contribution in [0, 0.1) is 5.92 Å². The summed E-state index contributed by atoms with van der Waals surface area (Å²) in [6.45, 7) is 3.97. The number of carbonyl (C=O) groups is 1. The fraction of sp³-hybridized carbons (Fsp3) is 0.909. The smallest absolute Gasteiger partial charge is 0.229 e. The quantitative estimate of drug-likeness (QED) is 0.624. The van der Waals surface area contributed by atoms with Gasteiger partial charge in [0.1, 0.15) is 0 Å². The maximum absolute atomic E-state index is 12.1. The lowest BCUT2D eigenvalue weighted by Crippen LogP contribution is -2.50. The molecule has 2 aliphatic heterocycles. The molecule has 0 spiro atoms. The number of rotatable bonds is 1. The standard InChI is InChI=1S/C11H20N2O3/c1-11(15)2-4-13(5-3-11)10(14)8-6-16-7-9(8)12/h8-9,15H,2-7,12H2,1H3. The van der Waals surface area contributed by atoms with E-state index in [1.54, 1.807) is 4.90 Å². The van der Waals surface area contributed by atoms with Gasteiger partial charge in [-0.3, -0.25) is 4.79 Å². The van der Waals surface area contributed by atoms with Gasteiger partial charge in [-0.1, -0.05) is 0 Å². The normalized spacial score (nSPS) is 34.1. The number of ether oxygens (including phenoxy) is 1. The average Bonchev–Trinajstić information content (AvgIpc) is 2.63. The molecule has 2 saturated heterocycles. The number of likely N-dealkylation sites (tertiary alicyclic amines) is 1. The van der Waals surface area contributed by atoms with Crippen molar-refractivity contribution in [1.29, 1.82) is 0 Å². The summed E-state index contributed by atoms with van der Waals surface area (Å²) in [6, 6.07) is -0.171. The van der Waals surface area contributed by atoms with Crippen molar-refractivity contribution in [3.8, 4) is 0 Å². The van der Waals surface area contributed by atoms with Crippen molar-refractivity contribution < 1.29 is 14.6 Å². The molecule has 0 aromatic carbocycles. The molecule has 5 heteroatoms. The van der Waals surface area contributed by atoms with E-state index in [1.165, 1.54) is 0 Å². The van der Waals surface area contributed by atoms with Gasteiger partial charge in [0, 0.05) is 19.1 Å².